The fraction of sp³-hybridized carbons (Fsp3) is 0.241. The van der Waals surface area contributed by atoms with Crippen LogP contribution in [0, 0.1) is 0 Å². The summed E-state index contributed by atoms with van der Waals surface area (Å²) in [7, 11) is 0. The van der Waals surface area contributed by atoms with Gasteiger partial charge in [-0.15, -0.1) is 0 Å². The fourth-order valence-electron chi connectivity index (χ4n) is 4.29. The van der Waals surface area contributed by atoms with Crippen LogP contribution in [0.25, 0.3) is 6.08 Å². The molecule has 2 amide bonds. The Hall–Kier alpha value is -3.86. The number of carbonyl (C=O) groups excluding carboxylic acids is 2. The Balaban J connectivity index is 1.33. The molecule has 0 aromatic heterocycles. The van der Waals surface area contributed by atoms with Crippen LogP contribution in [0.4, 0.5) is 5.69 Å². The number of amides is 2. The molecule has 3 aromatic carbocycles. The highest BCUT2D eigenvalue weighted by atomic mass is 16.2. The smallest absolute Gasteiger partial charge is 0.253 e. The molecule has 0 bridgehead atoms. The molecule has 0 spiro atoms. The van der Waals surface area contributed by atoms with E-state index >= 15 is 0 Å². The van der Waals surface area contributed by atoms with Crippen molar-refractivity contribution in [1.29, 1.82) is 0 Å². The summed E-state index contributed by atoms with van der Waals surface area (Å²) in [5.74, 6) is -0.148. The Kier molecular flexibility index (Phi) is 7.76. The average molecular weight is 454 g/mol. The quantitative estimate of drug-likeness (QED) is 0.496. The van der Waals surface area contributed by atoms with Gasteiger partial charge in [0.2, 0.25) is 5.91 Å². The lowest BCUT2D eigenvalue weighted by Gasteiger charge is -2.34. The number of hydrogen-bond donors (Lipinski definition) is 2. The molecule has 3 aromatic rings. The maximum Gasteiger partial charge on any atom is 0.253 e. The van der Waals surface area contributed by atoms with Crippen LogP contribution in [0.3, 0.4) is 0 Å². The van der Waals surface area contributed by atoms with Gasteiger partial charge in [0.05, 0.1) is 11.6 Å². The van der Waals surface area contributed by atoms with Crippen LogP contribution < -0.4 is 15.5 Å². The first-order valence-electron chi connectivity index (χ1n) is 11.8. The fourth-order valence-corrected chi connectivity index (χ4v) is 4.29. The van der Waals surface area contributed by atoms with Gasteiger partial charge in [-0.3, -0.25) is 9.59 Å². The Bertz CT molecular complexity index is 1120. The van der Waals surface area contributed by atoms with Crippen LogP contribution in [0.2, 0.25) is 0 Å². The van der Waals surface area contributed by atoms with Crippen molar-refractivity contribution < 1.29 is 9.59 Å². The van der Waals surface area contributed by atoms with Gasteiger partial charge in [0.25, 0.3) is 5.91 Å². The van der Waals surface area contributed by atoms with E-state index in [1.807, 2.05) is 97.9 Å². The number of rotatable bonds is 7. The lowest BCUT2D eigenvalue weighted by atomic mass is 10.0. The molecule has 1 heterocycles. The topological polar surface area (TPSA) is 61.4 Å². The highest BCUT2D eigenvalue weighted by Gasteiger charge is 2.24. The number of benzene rings is 3. The number of piperidine rings is 1. The third-order valence-electron chi connectivity index (χ3n) is 6.20. The van der Waals surface area contributed by atoms with Crippen molar-refractivity contribution in [2.75, 3.05) is 18.0 Å². The highest BCUT2D eigenvalue weighted by Crippen LogP contribution is 2.25. The standard InChI is InChI=1S/C29H31N3O2/c1-22(24-12-6-3-7-13-24)30-29(34)26-14-8-9-15-27(26)32-20-18-25(19-21-32)31-28(33)17-16-23-10-4-2-5-11-23/h2-17,22,25H,18-21H2,1H3,(H,30,34)(H,31,33)/b17-16+. The molecule has 1 unspecified atom stereocenters. The van der Waals surface area contributed by atoms with Crippen molar-refractivity contribution in [3.8, 4) is 0 Å². The van der Waals surface area contributed by atoms with Gasteiger partial charge in [0.1, 0.15) is 0 Å². The second kappa shape index (κ2) is 11.3. The van der Waals surface area contributed by atoms with Crippen molar-refractivity contribution >= 4 is 23.6 Å². The van der Waals surface area contributed by atoms with E-state index in [1.54, 1.807) is 6.08 Å². The normalized spacial score (nSPS) is 15.1. The zero-order valence-corrected chi connectivity index (χ0v) is 19.5. The molecule has 5 nitrogen and oxygen atoms in total. The molecule has 0 aliphatic carbocycles. The van der Waals surface area contributed by atoms with Gasteiger partial charge in [0, 0.05) is 30.9 Å². The van der Waals surface area contributed by atoms with Crippen molar-refractivity contribution in [1.82, 2.24) is 10.6 Å². The van der Waals surface area contributed by atoms with Crippen molar-refractivity contribution in [2.45, 2.75) is 31.8 Å². The molecule has 1 aliphatic heterocycles. The SMILES string of the molecule is CC(NC(=O)c1ccccc1N1CCC(NC(=O)/C=C/c2ccccc2)CC1)c1ccccc1. The zero-order chi connectivity index (χ0) is 23.8. The van der Waals surface area contributed by atoms with Crippen molar-refractivity contribution in [3.63, 3.8) is 0 Å². The van der Waals surface area contributed by atoms with E-state index in [0.29, 0.717) is 5.56 Å². The number of anilines is 1. The molecular formula is C29H31N3O2. The summed E-state index contributed by atoms with van der Waals surface area (Å²) in [5, 5.41) is 6.24. The summed E-state index contributed by atoms with van der Waals surface area (Å²) >= 11 is 0. The third-order valence-corrected chi connectivity index (χ3v) is 6.20. The summed E-state index contributed by atoms with van der Waals surface area (Å²) in [6.45, 7) is 3.56. The van der Waals surface area contributed by atoms with Crippen molar-refractivity contribution in [3.05, 3.63) is 108 Å². The number of carbonyl (C=O) groups is 2. The minimum atomic E-state index is -0.0772. The van der Waals surface area contributed by atoms with E-state index in [-0.39, 0.29) is 23.9 Å². The molecule has 1 atom stereocenters. The molecule has 5 heteroatoms. The van der Waals surface area contributed by atoms with Crippen LogP contribution >= 0.6 is 0 Å². The van der Waals surface area contributed by atoms with Gasteiger partial charge in [0.15, 0.2) is 0 Å². The lowest BCUT2D eigenvalue weighted by molar-refractivity contribution is -0.117. The maximum absolute atomic E-state index is 13.1. The number of hydrogen-bond acceptors (Lipinski definition) is 3. The minimum absolute atomic E-state index is 0.0722. The molecule has 34 heavy (non-hydrogen) atoms. The lowest BCUT2D eigenvalue weighted by Crippen LogP contribution is -2.44. The molecule has 1 fully saturated rings. The van der Waals surface area contributed by atoms with E-state index < -0.39 is 0 Å². The highest BCUT2D eigenvalue weighted by molar-refractivity contribution is 6.00. The minimum Gasteiger partial charge on any atom is -0.371 e. The van der Waals surface area contributed by atoms with Gasteiger partial charge in [-0.2, -0.15) is 0 Å². The van der Waals surface area contributed by atoms with Crippen LogP contribution in [0.15, 0.2) is 91.0 Å². The summed E-state index contributed by atoms with van der Waals surface area (Å²) in [4.78, 5) is 27.7. The first-order valence-corrected chi connectivity index (χ1v) is 11.8. The molecule has 2 N–H and O–H groups in total. The van der Waals surface area contributed by atoms with Gasteiger partial charge in [-0.05, 0) is 49.1 Å². The van der Waals surface area contributed by atoms with E-state index in [9.17, 15) is 9.59 Å². The second-order valence-corrected chi connectivity index (χ2v) is 8.64. The average Bonchev–Trinajstić information content (AvgIpc) is 2.89. The van der Waals surface area contributed by atoms with E-state index in [0.717, 1.165) is 42.7 Å². The summed E-state index contributed by atoms with van der Waals surface area (Å²) in [6, 6.07) is 27.6. The van der Waals surface area contributed by atoms with Gasteiger partial charge >= 0.3 is 0 Å². The molecule has 0 radical (unpaired) electrons. The molecule has 1 saturated heterocycles. The van der Waals surface area contributed by atoms with Crippen LogP contribution in [0.1, 0.15) is 47.3 Å². The summed E-state index contributed by atoms with van der Waals surface area (Å²) < 4.78 is 0. The van der Waals surface area contributed by atoms with Crippen LogP contribution in [-0.2, 0) is 4.79 Å². The van der Waals surface area contributed by atoms with Crippen LogP contribution in [0.5, 0.6) is 0 Å². The maximum atomic E-state index is 13.1. The molecule has 0 saturated carbocycles. The summed E-state index contributed by atoms with van der Waals surface area (Å²) in [5.41, 5.74) is 3.70. The molecular weight excluding hydrogens is 422 g/mol. The number of para-hydroxylation sites is 1. The predicted octanol–water partition coefficient (Wildman–Crippen LogP) is 4.98. The predicted molar refractivity (Wildman–Crippen MR) is 138 cm³/mol. The first kappa shape index (κ1) is 23.3. The van der Waals surface area contributed by atoms with Gasteiger partial charge in [-0.25, -0.2) is 0 Å². The zero-order valence-electron chi connectivity index (χ0n) is 19.5. The summed E-state index contributed by atoms with van der Waals surface area (Å²) in [6.07, 6.45) is 5.09. The van der Waals surface area contributed by atoms with E-state index in [1.165, 1.54) is 0 Å². The number of nitrogens with zero attached hydrogens (tertiary/aromatic N) is 1. The molecule has 4 rings (SSSR count). The molecule has 174 valence electrons. The Labute approximate surface area is 201 Å². The van der Waals surface area contributed by atoms with Crippen molar-refractivity contribution in [2.24, 2.45) is 0 Å². The van der Waals surface area contributed by atoms with Crippen LogP contribution in [-0.4, -0.2) is 30.9 Å². The van der Waals surface area contributed by atoms with E-state index in [2.05, 4.69) is 15.5 Å². The van der Waals surface area contributed by atoms with Gasteiger partial charge < -0.3 is 15.5 Å². The van der Waals surface area contributed by atoms with Gasteiger partial charge in [-0.1, -0.05) is 72.8 Å². The Morgan fingerprint density at radius 1 is 0.882 bits per heavy atom. The Morgan fingerprint density at radius 2 is 1.50 bits per heavy atom. The van der Waals surface area contributed by atoms with E-state index in [4.69, 9.17) is 0 Å². The monoisotopic (exact) mass is 453 g/mol. The second-order valence-electron chi connectivity index (χ2n) is 8.64. The first-order chi connectivity index (χ1) is 16.6. The molecule has 1 aliphatic rings. The third kappa shape index (κ3) is 6.13. The largest absolute Gasteiger partial charge is 0.371 e. The Morgan fingerprint density at radius 3 is 2.21 bits per heavy atom. The number of nitrogens with one attached hydrogen (secondary N) is 2.